The van der Waals surface area contributed by atoms with Gasteiger partial charge < -0.3 is 9.47 Å². The summed E-state index contributed by atoms with van der Waals surface area (Å²) >= 11 is 0. The second kappa shape index (κ2) is 12.6. The van der Waals surface area contributed by atoms with Crippen LogP contribution in [0.4, 0.5) is 9.59 Å². The molecule has 0 atom stereocenters. The summed E-state index contributed by atoms with van der Waals surface area (Å²) in [7, 11) is 5.38. The summed E-state index contributed by atoms with van der Waals surface area (Å²) in [5, 5.41) is -0.476. The Bertz CT molecular complexity index is 362. The SMILES string of the molecule is CC(C)OC(=O)SSCC(CSSC(=O)OC(C)C)N1CCCC1. The van der Waals surface area contributed by atoms with E-state index in [0.717, 1.165) is 46.2 Å². The molecule has 1 heterocycles. The molecular weight excluding hydrogens is 386 g/mol. The number of likely N-dealkylation sites (tertiary alicyclic amines) is 1. The zero-order chi connectivity index (χ0) is 17.9. The van der Waals surface area contributed by atoms with Crippen LogP contribution in [0.25, 0.3) is 0 Å². The van der Waals surface area contributed by atoms with Gasteiger partial charge in [0.1, 0.15) is 0 Å². The molecule has 0 aromatic rings. The maximum Gasteiger partial charge on any atom is 0.378 e. The van der Waals surface area contributed by atoms with Gasteiger partial charge in [0.05, 0.1) is 12.2 Å². The molecule has 0 bridgehead atoms. The van der Waals surface area contributed by atoms with Crippen LogP contribution >= 0.6 is 43.2 Å². The number of ether oxygens (including phenoxy) is 2. The molecule has 0 aliphatic carbocycles. The van der Waals surface area contributed by atoms with Crippen molar-refractivity contribution in [3.63, 3.8) is 0 Å². The molecule has 9 heteroatoms. The molecule has 0 amide bonds. The summed E-state index contributed by atoms with van der Waals surface area (Å²) in [5.74, 6) is 1.68. The van der Waals surface area contributed by atoms with Crippen LogP contribution < -0.4 is 0 Å². The molecule has 1 fully saturated rings. The van der Waals surface area contributed by atoms with Crippen LogP contribution in [0.2, 0.25) is 0 Å². The molecule has 0 N–H and O–H groups in total. The minimum atomic E-state index is -0.238. The van der Waals surface area contributed by atoms with Gasteiger partial charge in [0.2, 0.25) is 0 Å². The summed E-state index contributed by atoms with van der Waals surface area (Å²) in [6, 6.07) is 0.348. The van der Waals surface area contributed by atoms with E-state index >= 15 is 0 Å². The van der Waals surface area contributed by atoms with Gasteiger partial charge in [0, 0.05) is 39.1 Å². The molecule has 0 unspecified atom stereocenters. The van der Waals surface area contributed by atoms with Crippen molar-refractivity contribution in [3.8, 4) is 0 Å². The van der Waals surface area contributed by atoms with E-state index in [2.05, 4.69) is 4.90 Å². The number of rotatable bonds is 9. The van der Waals surface area contributed by atoms with Gasteiger partial charge in [0.25, 0.3) is 0 Å². The van der Waals surface area contributed by atoms with E-state index in [1.807, 2.05) is 27.7 Å². The van der Waals surface area contributed by atoms with E-state index in [9.17, 15) is 9.59 Å². The first-order valence-electron chi connectivity index (χ1n) is 8.12. The van der Waals surface area contributed by atoms with E-state index in [4.69, 9.17) is 9.47 Å². The van der Waals surface area contributed by atoms with Gasteiger partial charge in [-0.2, -0.15) is 0 Å². The smallest absolute Gasteiger partial charge is 0.378 e. The monoisotopic (exact) mass is 413 g/mol. The van der Waals surface area contributed by atoms with Crippen molar-refractivity contribution in [3.05, 3.63) is 0 Å². The summed E-state index contributed by atoms with van der Waals surface area (Å²) < 4.78 is 10.3. The van der Waals surface area contributed by atoms with Crippen molar-refractivity contribution >= 4 is 53.8 Å². The van der Waals surface area contributed by atoms with E-state index in [1.54, 1.807) is 0 Å². The molecule has 0 saturated carbocycles. The van der Waals surface area contributed by atoms with Crippen molar-refractivity contribution in [1.29, 1.82) is 0 Å². The maximum atomic E-state index is 11.6. The first kappa shape index (κ1) is 22.3. The highest BCUT2D eigenvalue weighted by Crippen LogP contribution is 2.31. The summed E-state index contributed by atoms with van der Waals surface area (Å²) in [6.45, 7) is 9.57. The molecule has 1 rings (SSSR count). The molecule has 1 saturated heterocycles. The lowest BCUT2D eigenvalue weighted by atomic mass is 10.3. The van der Waals surface area contributed by atoms with Crippen LogP contribution in [0.5, 0.6) is 0 Å². The first-order valence-corrected chi connectivity index (χ1v) is 12.8. The number of hydrogen-bond acceptors (Lipinski definition) is 9. The number of carbonyl (C=O) groups excluding carboxylic acids is 2. The second-order valence-corrected chi connectivity index (χ2v) is 10.5. The van der Waals surface area contributed by atoms with Gasteiger partial charge in [-0.3, -0.25) is 4.90 Å². The number of nitrogens with zero attached hydrogens (tertiary/aromatic N) is 1. The quantitative estimate of drug-likeness (QED) is 0.370. The second-order valence-electron chi connectivity index (χ2n) is 5.97. The highest BCUT2D eigenvalue weighted by Gasteiger charge is 2.23. The predicted octanol–water partition coefficient (Wildman–Crippen LogP) is 5.30. The van der Waals surface area contributed by atoms with Gasteiger partial charge in [-0.1, -0.05) is 21.6 Å². The molecule has 0 aromatic heterocycles. The fraction of sp³-hybridized carbons (Fsp3) is 0.867. The van der Waals surface area contributed by atoms with Gasteiger partial charge in [-0.05, 0) is 53.6 Å². The zero-order valence-corrected chi connectivity index (χ0v) is 18.0. The van der Waals surface area contributed by atoms with Gasteiger partial charge in [-0.15, -0.1) is 0 Å². The maximum absolute atomic E-state index is 11.6. The van der Waals surface area contributed by atoms with Crippen molar-refractivity contribution in [1.82, 2.24) is 4.90 Å². The minimum absolute atomic E-state index is 0.0843. The average Bonchev–Trinajstić information content (AvgIpc) is 2.98. The van der Waals surface area contributed by atoms with Crippen LogP contribution in [-0.4, -0.2) is 58.3 Å². The molecule has 1 aliphatic heterocycles. The third kappa shape index (κ3) is 10.3. The summed E-state index contributed by atoms with van der Waals surface area (Å²) in [4.78, 5) is 25.6. The highest BCUT2D eigenvalue weighted by molar-refractivity contribution is 8.82. The minimum Gasteiger partial charge on any atom is -0.454 e. The third-order valence-electron chi connectivity index (χ3n) is 3.10. The van der Waals surface area contributed by atoms with Crippen LogP contribution in [0, 0.1) is 0 Å². The Balaban J connectivity index is 2.32. The van der Waals surface area contributed by atoms with Gasteiger partial charge >= 0.3 is 10.6 Å². The average molecular weight is 414 g/mol. The van der Waals surface area contributed by atoms with Crippen LogP contribution in [0.1, 0.15) is 40.5 Å². The molecule has 0 aromatic carbocycles. The van der Waals surface area contributed by atoms with Crippen molar-refractivity contribution in [2.24, 2.45) is 0 Å². The lowest BCUT2D eigenvalue weighted by Gasteiger charge is -2.26. The van der Waals surface area contributed by atoms with Crippen LogP contribution in [0.15, 0.2) is 0 Å². The molecule has 140 valence electrons. The molecule has 0 radical (unpaired) electrons. The fourth-order valence-corrected chi connectivity index (χ4v) is 6.19. The van der Waals surface area contributed by atoms with Gasteiger partial charge in [-0.25, -0.2) is 9.59 Å². The lowest BCUT2D eigenvalue weighted by Crippen LogP contribution is -2.36. The normalized spacial score (nSPS) is 15.5. The Kier molecular flexibility index (Phi) is 11.7. The van der Waals surface area contributed by atoms with Crippen molar-refractivity contribution in [2.75, 3.05) is 24.6 Å². The molecule has 1 aliphatic rings. The molecular formula is C15H27NO4S4. The van der Waals surface area contributed by atoms with Crippen LogP contribution in [-0.2, 0) is 9.47 Å². The molecule has 24 heavy (non-hydrogen) atoms. The standard InChI is InChI=1S/C15H27NO4S4/c1-11(2)19-14(17)23-21-9-13(16-7-5-6-8-16)10-22-24-15(18)20-12(3)4/h11-13H,5-10H2,1-4H3. The van der Waals surface area contributed by atoms with E-state index in [0.29, 0.717) is 6.04 Å². The Hall–Kier alpha value is 0.300. The Labute approximate surface area is 160 Å². The summed E-state index contributed by atoms with van der Waals surface area (Å²) in [5.41, 5.74) is 0. The zero-order valence-electron chi connectivity index (χ0n) is 14.7. The largest absolute Gasteiger partial charge is 0.454 e. The highest BCUT2D eigenvalue weighted by atomic mass is 33.1. The Morgan fingerprint density at radius 1 is 0.875 bits per heavy atom. The summed E-state index contributed by atoms with van der Waals surface area (Å²) in [6.07, 6.45) is 2.27. The predicted molar refractivity (Wildman–Crippen MR) is 108 cm³/mol. The van der Waals surface area contributed by atoms with Gasteiger partial charge in [0.15, 0.2) is 0 Å². The topological polar surface area (TPSA) is 55.8 Å². The van der Waals surface area contributed by atoms with E-state index < -0.39 is 0 Å². The first-order chi connectivity index (χ1) is 11.4. The number of hydrogen-bond donors (Lipinski definition) is 0. The van der Waals surface area contributed by atoms with E-state index in [-0.39, 0.29) is 22.8 Å². The number of carbonyl (C=O) groups is 2. The van der Waals surface area contributed by atoms with Crippen molar-refractivity contribution in [2.45, 2.75) is 58.8 Å². The fourth-order valence-electron chi connectivity index (χ4n) is 2.11. The van der Waals surface area contributed by atoms with E-state index in [1.165, 1.54) is 34.4 Å². The van der Waals surface area contributed by atoms with Crippen LogP contribution in [0.3, 0.4) is 0 Å². The molecule has 0 spiro atoms. The Morgan fingerprint density at radius 3 is 1.67 bits per heavy atom. The molecule has 5 nitrogen and oxygen atoms in total. The lowest BCUT2D eigenvalue weighted by molar-refractivity contribution is 0.142. The Morgan fingerprint density at radius 2 is 1.29 bits per heavy atom. The third-order valence-corrected chi connectivity index (χ3v) is 7.18. The van der Waals surface area contributed by atoms with Crippen molar-refractivity contribution < 1.29 is 19.1 Å².